The van der Waals surface area contributed by atoms with Crippen molar-refractivity contribution in [2.45, 2.75) is 0 Å². The number of nitrogens with one attached hydrogen (secondary N) is 2. The summed E-state index contributed by atoms with van der Waals surface area (Å²) in [5, 5.41) is 6.48. The Hall–Kier alpha value is -1.57. The summed E-state index contributed by atoms with van der Waals surface area (Å²) in [6.45, 7) is 0. The van der Waals surface area contributed by atoms with Crippen molar-refractivity contribution in [2.75, 3.05) is 10.6 Å². The summed E-state index contributed by atoms with van der Waals surface area (Å²) in [6.07, 6.45) is 0. The van der Waals surface area contributed by atoms with E-state index in [2.05, 4.69) is 26.2 Å². The van der Waals surface area contributed by atoms with Crippen LogP contribution in [0.2, 0.25) is 0 Å². The summed E-state index contributed by atoms with van der Waals surface area (Å²) in [4.78, 5) is 0. The minimum absolute atomic E-state index is 0.886. The van der Waals surface area contributed by atoms with Crippen molar-refractivity contribution >= 4 is 31.6 Å². The zero-order chi connectivity index (χ0) is 11.2. The van der Waals surface area contributed by atoms with Crippen LogP contribution in [0.15, 0.2) is 60.7 Å². The Morgan fingerprint density at radius 3 is 1.44 bits per heavy atom. The van der Waals surface area contributed by atoms with E-state index in [1.165, 1.54) is 0 Å². The van der Waals surface area contributed by atoms with Crippen LogP contribution in [0.4, 0.5) is 11.4 Å². The van der Waals surface area contributed by atoms with Gasteiger partial charge in [-0.3, -0.25) is 0 Å². The van der Waals surface area contributed by atoms with Gasteiger partial charge in [-0.15, -0.1) is 0 Å². The standard InChI is InChI=1S/C13H12N2Se/c16-13(14-11-7-3-1-4-8-11)15-12-9-5-2-6-10-12/h1-10H,(H2,14,15,16). The van der Waals surface area contributed by atoms with Gasteiger partial charge in [0, 0.05) is 0 Å². The Morgan fingerprint density at radius 1 is 0.688 bits per heavy atom. The Morgan fingerprint density at radius 2 is 1.06 bits per heavy atom. The van der Waals surface area contributed by atoms with Crippen molar-refractivity contribution in [2.24, 2.45) is 0 Å². The molecule has 2 rings (SSSR count). The molecule has 16 heavy (non-hydrogen) atoms. The van der Waals surface area contributed by atoms with Crippen LogP contribution in [0.3, 0.4) is 0 Å². The van der Waals surface area contributed by atoms with E-state index in [0.29, 0.717) is 0 Å². The molecule has 0 saturated heterocycles. The van der Waals surface area contributed by atoms with Crippen molar-refractivity contribution in [3.63, 3.8) is 0 Å². The van der Waals surface area contributed by atoms with Crippen LogP contribution in [-0.2, 0) is 0 Å². The average Bonchev–Trinajstić information content (AvgIpc) is 2.31. The van der Waals surface area contributed by atoms with Gasteiger partial charge in [-0.05, 0) is 0 Å². The van der Waals surface area contributed by atoms with E-state index in [0.717, 1.165) is 16.0 Å². The molecular formula is C13H12N2Se. The van der Waals surface area contributed by atoms with Crippen molar-refractivity contribution in [1.82, 2.24) is 0 Å². The second-order valence-electron chi connectivity index (χ2n) is 3.31. The summed E-state index contributed by atoms with van der Waals surface area (Å²) < 4.78 is 0.886. The normalized spacial score (nSPS) is 9.50. The molecule has 2 aromatic rings. The van der Waals surface area contributed by atoms with Crippen LogP contribution >= 0.6 is 0 Å². The zero-order valence-corrected chi connectivity index (χ0v) is 10.4. The van der Waals surface area contributed by atoms with Crippen LogP contribution < -0.4 is 10.6 Å². The summed E-state index contributed by atoms with van der Waals surface area (Å²) in [5.41, 5.74) is 2.11. The van der Waals surface area contributed by atoms with E-state index in [9.17, 15) is 0 Å². The third kappa shape index (κ3) is 3.23. The number of anilines is 2. The summed E-state index contributed by atoms with van der Waals surface area (Å²) >= 11 is 2.97. The summed E-state index contributed by atoms with van der Waals surface area (Å²) in [6, 6.07) is 20.1. The zero-order valence-electron chi connectivity index (χ0n) is 8.68. The molecule has 0 aromatic heterocycles. The van der Waals surface area contributed by atoms with Crippen LogP contribution in [-0.4, -0.2) is 20.2 Å². The van der Waals surface area contributed by atoms with Gasteiger partial charge >= 0.3 is 103 Å². The predicted octanol–water partition coefficient (Wildman–Crippen LogP) is 2.47. The summed E-state index contributed by atoms with van der Waals surface area (Å²) in [5.74, 6) is 0. The average molecular weight is 275 g/mol. The maximum atomic E-state index is 3.24. The molecule has 0 amide bonds. The molecule has 2 N–H and O–H groups in total. The van der Waals surface area contributed by atoms with E-state index in [1.807, 2.05) is 60.7 Å². The van der Waals surface area contributed by atoms with E-state index in [-0.39, 0.29) is 0 Å². The Kier molecular flexibility index (Phi) is 3.75. The van der Waals surface area contributed by atoms with Gasteiger partial charge in [0.25, 0.3) is 0 Å². The second-order valence-corrected chi connectivity index (χ2v) is 4.17. The van der Waals surface area contributed by atoms with Gasteiger partial charge in [0.2, 0.25) is 0 Å². The first-order valence-corrected chi connectivity index (χ1v) is 5.88. The van der Waals surface area contributed by atoms with Crippen LogP contribution in [0, 0.1) is 0 Å². The topological polar surface area (TPSA) is 24.1 Å². The van der Waals surface area contributed by atoms with Gasteiger partial charge in [0.05, 0.1) is 0 Å². The monoisotopic (exact) mass is 276 g/mol. The van der Waals surface area contributed by atoms with Crippen molar-refractivity contribution in [1.29, 1.82) is 0 Å². The molecule has 0 atom stereocenters. The molecule has 0 spiro atoms. The number of benzene rings is 2. The molecule has 2 nitrogen and oxygen atoms in total. The fourth-order valence-electron chi connectivity index (χ4n) is 1.34. The van der Waals surface area contributed by atoms with E-state index in [1.54, 1.807) is 0 Å². The third-order valence-electron chi connectivity index (χ3n) is 2.06. The fraction of sp³-hybridized carbons (Fsp3) is 0. The van der Waals surface area contributed by atoms with Crippen molar-refractivity contribution in [3.8, 4) is 0 Å². The first-order valence-electron chi connectivity index (χ1n) is 5.03. The van der Waals surface area contributed by atoms with E-state index < -0.39 is 0 Å². The van der Waals surface area contributed by atoms with E-state index in [4.69, 9.17) is 0 Å². The predicted molar refractivity (Wildman–Crippen MR) is 70.9 cm³/mol. The molecule has 0 aliphatic heterocycles. The maximum absolute atomic E-state index is 3.24. The van der Waals surface area contributed by atoms with Gasteiger partial charge in [-0.2, -0.15) is 0 Å². The molecule has 0 radical (unpaired) electrons. The van der Waals surface area contributed by atoms with Crippen LogP contribution in [0.5, 0.6) is 0 Å². The second kappa shape index (κ2) is 5.50. The fourth-order valence-corrected chi connectivity index (χ4v) is 1.83. The van der Waals surface area contributed by atoms with Crippen LogP contribution in [0.25, 0.3) is 0 Å². The number of hydrogen-bond donors (Lipinski definition) is 2. The quantitative estimate of drug-likeness (QED) is 0.838. The third-order valence-corrected chi connectivity index (χ3v) is 2.49. The molecule has 2 aromatic carbocycles. The van der Waals surface area contributed by atoms with Gasteiger partial charge < -0.3 is 0 Å². The number of hydrogen-bond acceptors (Lipinski definition) is 2. The molecule has 80 valence electrons. The van der Waals surface area contributed by atoms with Crippen molar-refractivity contribution < 1.29 is 0 Å². The van der Waals surface area contributed by atoms with Gasteiger partial charge in [-0.25, -0.2) is 0 Å². The molecule has 0 fully saturated rings. The Labute approximate surface area is 103 Å². The first-order chi connectivity index (χ1) is 7.84. The Balaban J connectivity index is 1.95. The molecular weight excluding hydrogens is 263 g/mol. The van der Waals surface area contributed by atoms with Crippen LogP contribution in [0.1, 0.15) is 0 Å². The summed E-state index contributed by atoms with van der Waals surface area (Å²) in [7, 11) is 0. The molecule has 3 heteroatoms. The van der Waals surface area contributed by atoms with E-state index >= 15 is 0 Å². The molecule has 0 unspecified atom stereocenters. The molecule has 0 saturated carbocycles. The number of rotatable bonds is 4. The number of para-hydroxylation sites is 2. The molecule has 0 aliphatic rings. The SMILES string of the molecule is [Se]=C(Nc1ccccc1)Nc1ccccc1. The minimum atomic E-state index is 0.886. The van der Waals surface area contributed by atoms with Gasteiger partial charge in [0.1, 0.15) is 0 Å². The van der Waals surface area contributed by atoms with Gasteiger partial charge in [-0.1, -0.05) is 0 Å². The van der Waals surface area contributed by atoms with Gasteiger partial charge in [0.15, 0.2) is 0 Å². The van der Waals surface area contributed by atoms with Crippen molar-refractivity contribution in [3.05, 3.63) is 60.7 Å². The Bertz CT molecular complexity index is 410. The molecule has 0 heterocycles. The first kappa shape index (κ1) is 10.9. The molecule has 0 aliphatic carbocycles. The molecule has 0 bridgehead atoms.